The topological polar surface area (TPSA) is 78.9 Å². The van der Waals surface area contributed by atoms with E-state index in [1.807, 2.05) is 0 Å². The van der Waals surface area contributed by atoms with Crippen LogP contribution in [0.2, 0.25) is 0 Å². The van der Waals surface area contributed by atoms with Crippen LogP contribution in [0.3, 0.4) is 0 Å². The van der Waals surface area contributed by atoms with Crippen molar-refractivity contribution in [3.05, 3.63) is 134 Å². The molecule has 0 rings (SSSR count). The number of unbranched alkanes of at least 4 members (excludes halogenated alkanes) is 18. The lowest BCUT2D eigenvalue weighted by molar-refractivity contribution is -0.167. The lowest BCUT2D eigenvalue weighted by Crippen LogP contribution is -2.30. The summed E-state index contributed by atoms with van der Waals surface area (Å²) >= 11 is 0. The summed E-state index contributed by atoms with van der Waals surface area (Å²) in [5.41, 5.74) is 0. The highest BCUT2D eigenvalue weighted by atomic mass is 16.6. The van der Waals surface area contributed by atoms with E-state index in [0.717, 1.165) is 148 Å². The molecule has 0 aliphatic rings. The number of hydrogen-bond donors (Lipinski definition) is 0. The van der Waals surface area contributed by atoms with Gasteiger partial charge in [0, 0.05) is 19.3 Å². The molecule has 0 saturated carbocycles. The molecule has 0 aliphatic carbocycles. The second-order valence-corrected chi connectivity index (χ2v) is 18.8. The van der Waals surface area contributed by atoms with E-state index in [1.54, 1.807) is 0 Å². The largest absolute Gasteiger partial charge is 0.462 e. The zero-order valence-electron chi connectivity index (χ0n) is 46.4. The van der Waals surface area contributed by atoms with Crippen LogP contribution in [0, 0.1) is 0 Å². The van der Waals surface area contributed by atoms with Crippen molar-refractivity contribution in [3.63, 3.8) is 0 Å². The maximum atomic E-state index is 12.8. The molecule has 6 heteroatoms. The molecule has 1 atom stereocenters. The fraction of sp³-hybridized carbons (Fsp3) is 0.621. The first-order chi connectivity index (χ1) is 35.5. The van der Waals surface area contributed by atoms with Gasteiger partial charge in [0.25, 0.3) is 0 Å². The molecule has 6 nitrogen and oxygen atoms in total. The molecule has 72 heavy (non-hydrogen) atoms. The highest BCUT2D eigenvalue weighted by Gasteiger charge is 2.19. The third kappa shape index (κ3) is 56.5. The summed E-state index contributed by atoms with van der Waals surface area (Å²) in [5.74, 6) is -0.939. The quantitative estimate of drug-likeness (QED) is 0.0261. The van der Waals surface area contributed by atoms with Crippen molar-refractivity contribution < 1.29 is 28.6 Å². The molecule has 0 aromatic carbocycles. The Morgan fingerprint density at radius 2 is 0.542 bits per heavy atom. The molecular formula is C66H106O6. The molecule has 0 amide bonds. The van der Waals surface area contributed by atoms with Gasteiger partial charge in [-0.3, -0.25) is 14.4 Å². The van der Waals surface area contributed by atoms with Gasteiger partial charge in [0.1, 0.15) is 13.2 Å². The van der Waals surface area contributed by atoms with E-state index >= 15 is 0 Å². The summed E-state index contributed by atoms with van der Waals surface area (Å²) in [6.07, 6.45) is 83.1. The normalized spacial score (nSPS) is 13.1. The van der Waals surface area contributed by atoms with Gasteiger partial charge in [-0.05, 0) is 116 Å². The monoisotopic (exact) mass is 995 g/mol. The molecule has 0 aliphatic heterocycles. The maximum absolute atomic E-state index is 12.8. The van der Waals surface area contributed by atoms with Crippen LogP contribution >= 0.6 is 0 Å². The molecule has 0 heterocycles. The predicted octanol–water partition coefficient (Wildman–Crippen LogP) is 19.8. The van der Waals surface area contributed by atoms with Gasteiger partial charge < -0.3 is 14.2 Å². The number of carbonyl (C=O) groups is 3. The average molecular weight is 996 g/mol. The molecule has 1 unspecified atom stereocenters. The third-order valence-corrected chi connectivity index (χ3v) is 11.9. The molecule has 406 valence electrons. The van der Waals surface area contributed by atoms with Crippen molar-refractivity contribution >= 4 is 17.9 Å². The summed E-state index contributed by atoms with van der Waals surface area (Å²) < 4.78 is 16.8. The van der Waals surface area contributed by atoms with Crippen molar-refractivity contribution in [3.8, 4) is 0 Å². The minimum Gasteiger partial charge on any atom is -0.462 e. The smallest absolute Gasteiger partial charge is 0.306 e. The number of hydrogen-bond acceptors (Lipinski definition) is 6. The van der Waals surface area contributed by atoms with E-state index < -0.39 is 6.10 Å². The zero-order chi connectivity index (χ0) is 52.2. The zero-order valence-corrected chi connectivity index (χ0v) is 46.4. The number of rotatable bonds is 51. The molecule has 0 spiro atoms. The molecule has 0 fully saturated rings. The van der Waals surface area contributed by atoms with Gasteiger partial charge in [-0.25, -0.2) is 0 Å². The Morgan fingerprint density at radius 1 is 0.292 bits per heavy atom. The van der Waals surface area contributed by atoms with Crippen LogP contribution in [0.15, 0.2) is 134 Å². The van der Waals surface area contributed by atoms with E-state index in [4.69, 9.17) is 14.2 Å². The second-order valence-electron chi connectivity index (χ2n) is 18.8. The minimum atomic E-state index is -0.798. The van der Waals surface area contributed by atoms with Crippen LogP contribution in [-0.4, -0.2) is 37.2 Å². The Bertz CT molecular complexity index is 1560. The van der Waals surface area contributed by atoms with Crippen LogP contribution in [0.5, 0.6) is 0 Å². The summed E-state index contributed by atoms with van der Waals surface area (Å²) in [7, 11) is 0. The Labute approximate surface area is 443 Å². The van der Waals surface area contributed by atoms with Crippen molar-refractivity contribution in [2.45, 2.75) is 252 Å². The van der Waals surface area contributed by atoms with Gasteiger partial charge >= 0.3 is 17.9 Å². The van der Waals surface area contributed by atoms with Gasteiger partial charge in [-0.15, -0.1) is 0 Å². The van der Waals surface area contributed by atoms with E-state index in [1.165, 1.54) is 57.8 Å². The SMILES string of the molecule is CC/C=C\C/C=C\C/C=C\C/C=C\C/C=C\C/C=C\C/C=C\CCCCCCCCCC(=O)OCC(COC(=O)CCCCCCCCCC)OC(=O)CCCCCC/C=C\C/C=C\C/C=C\C/C=C\CC. The Morgan fingerprint density at radius 3 is 0.847 bits per heavy atom. The predicted molar refractivity (Wildman–Crippen MR) is 311 cm³/mol. The van der Waals surface area contributed by atoms with Gasteiger partial charge in [0.2, 0.25) is 0 Å². The Balaban J connectivity index is 4.28. The first-order valence-electron chi connectivity index (χ1n) is 29.2. The van der Waals surface area contributed by atoms with Gasteiger partial charge in [-0.1, -0.05) is 244 Å². The maximum Gasteiger partial charge on any atom is 0.306 e. The standard InChI is InChI=1S/C66H106O6/c1-4-7-10-13-16-19-21-23-25-27-28-29-30-31-32-33-34-35-36-37-38-40-41-43-45-47-50-53-56-59-65(68)71-62-63(61-70-64(67)58-55-52-49-18-15-12-9-6-3)72-66(69)60-57-54-51-48-46-44-42-39-26-24-22-20-17-14-11-8-5-2/h7-8,10-11,16-17,19-20,23-26,28-29,31-32,34-35,37-38,42,44,63H,4-6,9,12-15,18,21-22,27,30,33,36,39-41,43,45-62H2,1-3H3/b10-7-,11-8-,19-16-,20-17-,25-23-,26-24-,29-28-,32-31-,35-34-,38-37-,44-42-. The van der Waals surface area contributed by atoms with Crippen LogP contribution in [0.1, 0.15) is 245 Å². The summed E-state index contributed by atoms with van der Waals surface area (Å²) in [5, 5.41) is 0. The summed E-state index contributed by atoms with van der Waals surface area (Å²) in [6, 6.07) is 0. The van der Waals surface area contributed by atoms with Crippen molar-refractivity contribution in [2.24, 2.45) is 0 Å². The van der Waals surface area contributed by atoms with Crippen molar-refractivity contribution in [1.82, 2.24) is 0 Å². The number of carbonyl (C=O) groups excluding carboxylic acids is 3. The van der Waals surface area contributed by atoms with Crippen molar-refractivity contribution in [2.75, 3.05) is 13.2 Å². The van der Waals surface area contributed by atoms with E-state index in [9.17, 15) is 14.4 Å². The van der Waals surface area contributed by atoms with Crippen molar-refractivity contribution in [1.29, 1.82) is 0 Å². The molecule has 0 bridgehead atoms. The summed E-state index contributed by atoms with van der Waals surface area (Å²) in [6.45, 7) is 6.34. The lowest BCUT2D eigenvalue weighted by atomic mass is 10.1. The van der Waals surface area contributed by atoms with Crippen LogP contribution in [0.4, 0.5) is 0 Å². The Hall–Kier alpha value is -4.45. The van der Waals surface area contributed by atoms with Gasteiger partial charge in [0.05, 0.1) is 0 Å². The van der Waals surface area contributed by atoms with E-state index in [-0.39, 0.29) is 31.1 Å². The molecule has 0 aromatic rings. The number of allylic oxidation sites excluding steroid dienone is 22. The second kappa shape index (κ2) is 59.1. The van der Waals surface area contributed by atoms with E-state index in [2.05, 4.69) is 154 Å². The third-order valence-electron chi connectivity index (χ3n) is 11.9. The van der Waals surface area contributed by atoms with E-state index in [0.29, 0.717) is 19.3 Å². The van der Waals surface area contributed by atoms with Gasteiger partial charge in [0.15, 0.2) is 6.10 Å². The first kappa shape index (κ1) is 67.5. The molecule has 0 saturated heterocycles. The fourth-order valence-electron chi connectivity index (χ4n) is 7.59. The van der Waals surface area contributed by atoms with Crippen LogP contribution in [0.25, 0.3) is 0 Å². The first-order valence-corrected chi connectivity index (χ1v) is 29.2. The number of ether oxygens (including phenoxy) is 3. The highest BCUT2D eigenvalue weighted by Crippen LogP contribution is 2.14. The number of esters is 3. The summed E-state index contributed by atoms with van der Waals surface area (Å²) in [4.78, 5) is 38.0. The highest BCUT2D eigenvalue weighted by molar-refractivity contribution is 5.71. The lowest BCUT2D eigenvalue weighted by Gasteiger charge is -2.18. The fourth-order valence-corrected chi connectivity index (χ4v) is 7.59. The Kier molecular flexibility index (Phi) is 55.5. The van der Waals surface area contributed by atoms with Gasteiger partial charge in [-0.2, -0.15) is 0 Å². The average Bonchev–Trinajstić information content (AvgIpc) is 3.38. The van der Waals surface area contributed by atoms with Crippen LogP contribution in [-0.2, 0) is 28.6 Å². The van der Waals surface area contributed by atoms with Crippen LogP contribution < -0.4 is 0 Å². The molecule has 0 N–H and O–H groups in total. The molecule has 0 radical (unpaired) electrons. The molecule has 0 aromatic heterocycles. The molecular weight excluding hydrogens is 889 g/mol. The minimum absolute atomic E-state index is 0.0942.